The molecule has 1 heterocycles. The number of benzene rings is 2. The Balaban J connectivity index is 1.61. The first-order valence-corrected chi connectivity index (χ1v) is 18.2. The molecule has 1 aliphatic heterocycles. The van der Waals surface area contributed by atoms with Gasteiger partial charge in [-0.05, 0) is 101 Å². The molecule has 290 valence electrons. The van der Waals surface area contributed by atoms with E-state index in [0.29, 0.717) is 30.8 Å². The fourth-order valence-corrected chi connectivity index (χ4v) is 5.68. The number of aliphatic hydroxyl groups is 1. The number of nitrogens with one attached hydrogen (secondary N) is 5. The van der Waals surface area contributed by atoms with Gasteiger partial charge in [-0.15, -0.1) is 0 Å². The summed E-state index contributed by atoms with van der Waals surface area (Å²) in [5.74, 6) is -3.77. The summed E-state index contributed by atoms with van der Waals surface area (Å²) in [6.07, 6.45) is -0.125. The number of rotatable bonds is 21. The van der Waals surface area contributed by atoms with E-state index in [4.69, 9.17) is 27.8 Å². The molecule has 1 fully saturated rings. The number of nitrogens with two attached hydrogens (primary N) is 2. The Kier molecular flexibility index (Phi) is 16.8. The Morgan fingerprint density at radius 3 is 1.83 bits per heavy atom. The van der Waals surface area contributed by atoms with E-state index >= 15 is 0 Å². The minimum absolute atomic E-state index is 0.0250. The molecular formula is C37H52ClN7O8. The van der Waals surface area contributed by atoms with Gasteiger partial charge in [0.2, 0.25) is 23.6 Å². The van der Waals surface area contributed by atoms with Gasteiger partial charge in [0.15, 0.2) is 5.78 Å². The van der Waals surface area contributed by atoms with Crippen molar-refractivity contribution in [2.75, 3.05) is 13.1 Å². The normalized spacial score (nSPS) is 18.3. The number of halogens is 1. The van der Waals surface area contributed by atoms with Gasteiger partial charge in [0.25, 0.3) is 5.91 Å². The molecule has 0 radical (unpaired) electrons. The van der Waals surface area contributed by atoms with Crippen molar-refractivity contribution < 1.29 is 38.6 Å². The van der Waals surface area contributed by atoms with Gasteiger partial charge in [0, 0.05) is 10.6 Å². The van der Waals surface area contributed by atoms with Crippen LogP contribution in [0.5, 0.6) is 0 Å². The van der Waals surface area contributed by atoms with Crippen LogP contribution in [-0.4, -0.2) is 102 Å². The lowest BCUT2D eigenvalue weighted by molar-refractivity contribution is -0.135. The second kappa shape index (κ2) is 20.7. The van der Waals surface area contributed by atoms with Gasteiger partial charge in [0.05, 0.1) is 18.2 Å². The van der Waals surface area contributed by atoms with Crippen molar-refractivity contribution in [3.63, 3.8) is 0 Å². The van der Waals surface area contributed by atoms with Crippen LogP contribution in [0.3, 0.4) is 0 Å². The molecule has 2 aromatic carbocycles. The fourth-order valence-electron chi connectivity index (χ4n) is 5.55. The van der Waals surface area contributed by atoms with E-state index < -0.39 is 72.0 Å². The van der Waals surface area contributed by atoms with E-state index in [2.05, 4.69) is 26.6 Å². The highest BCUT2D eigenvalue weighted by Crippen LogP contribution is 2.27. The molecule has 0 saturated carbocycles. The number of hydrogen-bond donors (Lipinski definition) is 8. The van der Waals surface area contributed by atoms with E-state index in [1.807, 2.05) is 19.1 Å². The minimum Gasteiger partial charge on any atom is -0.391 e. The molecule has 53 heavy (non-hydrogen) atoms. The molecule has 1 aliphatic rings. The van der Waals surface area contributed by atoms with E-state index in [0.717, 1.165) is 11.1 Å². The molecule has 0 spiro atoms. The number of ketones is 1. The first kappa shape index (κ1) is 43.0. The molecule has 2 aromatic rings. The molecular weight excluding hydrogens is 706 g/mol. The van der Waals surface area contributed by atoms with Crippen LogP contribution < -0.4 is 38.1 Å². The summed E-state index contributed by atoms with van der Waals surface area (Å²) >= 11 is 5.97. The van der Waals surface area contributed by atoms with Crippen molar-refractivity contribution in [2.45, 2.75) is 108 Å². The number of amides is 5. The maximum absolute atomic E-state index is 13.3. The largest absolute Gasteiger partial charge is 0.391 e. The maximum atomic E-state index is 13.3. The van der Waals surface area contributed by atoms with Crippen LogP contribution >= 0.6 is 11.6 Å². The molecule has 15 nitrogen and oxygen atoms in total. The van der Waals surface area contributed by atoms with Gasteiger partial charge >= 0.3 is 0 Å². The third-order valence-electron chi connectivity index (χ3n) is 8.85. The highest BCUT2D eigenvalue weighted by Gasteiger charge is 2.45. The molecule has 8 atom stereocenters. The minimum atomic E-state index is -1.51. The summed E-state index contributed by atoms with van der Waals surface area (Å²) in [6, 6.07) is 8.17. The molecule has 0 aromatic heterocycles. The maximum Gasteiger partial charge on any atom is 0.251 e. The van der Waals surface area contributed by atoms with Crippen LogP contribution in [0.15, 0.2) is 48.5 Å². The van der Waals surface area contributed by atoms with Crippen molar-refractivity contribution in [1.29, 1.82) is 0 Å². The fraction of sp³-hybridized carbons (Fsp3) is 0.514. The van der Waals surface area contributed by atoms with Crippen molar-refractivity contribution in [1.82, 2.24) is 26.6 Å². The molecule has 0 bridgehead atoms. The summed E-state index contributed by atoms with van der Waals surface area (Å²) < 4.78 is 5.35. The molecule has 16 heteroatoms. The van der Waals surface area contributed by atoms with Gasteiger partial charge < -0.3 is 47.9 Å². The number of carbonyl (C=O) groups is 6. The summed E-state index contributed by atoms with van der Waals surface area (Å²) in [7, 11) is 0. The lowest BCUT2D eigenvalue weighted by Gasteiger charge is -2.26. The van der Waals surface area contributed by atoms with Crippen LogP contribution in [-0.2, 0) is 28.7 Å². The number of Topliss-reactive ketones (excluding diaryl/α,β-unsaturated/α-hetero) is 1. The van der Waals surface area contributed by atoms with Gasteiger partial charge in [0.1, 0.15) is 30.3 Å². The third kappa shape index (κ3) is 12.9. The molecule has 0 aliphatic carbocycles. The molecule has 2 unspecified atom stereocenters. The van der Waals surface area contributed by atoms with E-state index in [1.165, 1.54) is 13.8 Å². The Labute approximate surface area is 314 Å². The summed E-state index contributed by atoms with van der Waals surface area (Å²) in [4.78, 5) is 78.7. The Morgan fingerprint density at radius 1 is 0.717 bits per heavy atom. The van der Waals surface area contributed by atoms with Crippen molar-refractivity contribution in [3.05, 3.63) is 59.1 Å². The van der Waals surface area contributed by atoms with Crippen LogP contribution in [0.1, 0.15) is 70.2 Å². The molecule has 10 N–H and O–H groups in total. The second-order valence-electron chi connectivity index (χ2n) is 13.1. The summed E-state index contributed by atoms with van der Waals surface area (Å²) in [6.45, 7) is 6.50. The Hall–Kier alpha value is -4.41. The smallest absolute Gasteiger partial charge is 0.251 e. The summed E-state index contributed by atoms with van der Waals surface area (Å²) in [5.41, 5.74) is 13.4. The van der Waals surface area contributed by atoms with Crippen LogP contribution in [0.2, 0.25) is 5.02 Å². The first-order chi connectivity index (χ1) is 25.2. The SMILES string of the molecule is CCC1OC1C(=O)[C@H](C)NC(=O)[C@H](CCCCN)NC(=O)[C@H](C)NC(=O)[C@@H](NC(=O)[C@H](CCN)NC(=O)c1ccc(-c2ccc(Cl)cc2)cc1)[C@@H](C)O. The standard InChI is InChI=1S/C37H52ClN7O8/c1-5-29-32(53-29)31(47)20(2)41-35(50)27(8-6-7-18-39)43-33(48)21(3)42-37(52)30(22(4)46)45-36(51)28(17-19-40)44-34(49)25-11-9-23(10-12-25)24-13-15-26(38)16-14-24/h9-16,20-22,27-30,32,46H,5-8,17-19,39-40H2,1-4H3,(H,41,50)(H,42,52)(H,43,48)(H,44,49)(H,45,51)/t20-,21-,22+,27-,28-,29?,30-,32?/m0/s1. The van der Waals surface area contributed by atoms with Gasteiger partial charge in [-0.25, -0.2) is 0 Å². The van der Waals surface area contributed by atoms with Gasteiger partial charge in [-0.3, -0.25) is 28.8 Å². The van der Waals surface area contributed by atoms with Crippen molar-refractivity contribution in [2.24, 2.45) is 11.5 Å². The van der Waals surface area contributed by atoms with Gasteiger partial charge in [-0.2, -0.15) is 0 Å². The third-order valence-corrected chi connectivity index (χ3v) is 9.10. The van der Waals surface area contributed by atoms with E-state index in [9.17, 15) is 33.9 Å². The Bertz CT molecular complexity index is 1570. The van der Waals surface area contributed by atoms with Crippen LogP contribution in [0.4, 0.5) is 0 Å². The number of carbonyl (C=O) groups excluding carboxylic acids is 6. The van der Waals surface area contributed by atoms with Crippen molar-refractivity contribution in [3.8, 4) is 11.1 Å². The molecule has 3 rings (SSSR count). The van der Waals surface area contributed by atoms with E-state index in [1.54, 1.807) is 43.3 Å². The monoisotopic (exact) mass is 757 g/mol. The number of ether oxygens (including phenoxy) is 1. The highest BCUT2D eigenvalue weighted by molar-refractivity contribution is 6.30. The number of hydrogen-bond acceptors (Lipinski definition) is 10. The first-order valence-electron chi connectivity index (χ1n) is 17.9. The van der Waals surface area contributed by atoms with Crippen molar-refractivity contribution >= 4 is 46.9 Å². The average Bonchev–Trinajstić information content (AvgIpc) is 3.93. The number of aliphatic hydroxyl groups excluding tert-OH is 1. The van der Waals surface area contributed by atoms with Gasteiger partial charge in [-0.1, -0.05) is 42.8 Å². The summed E-state index contributed by atoms with van der Waals surface area (Å²) in [5, 5.41) is 23.8. The topological polar surface area (TPSA) is 247 Å². The average molecular weight is 758 g/mol. The Morgan fingerprint density at radius 2 is 1.28 bits per heavy atom. The zero-order valence-electron chi connectivity index (χ0n) is 30.5. The van der Waals surface area contributed by atoms with Crippen LogP contribution in [0.25, 0.3) is 11.1 Å². The quantitative estimate of drug-likeness (QED) is 0.0654. The predicted octanol–water partition coefficient (Wildman–Crippen LogP) is 0.690. The zero-order valence-corrected chi connectivity index (χ0v) is 31.3. The number of unbranched alkanes of at least 4 members (excludes halogenated alkanes) is 1. The molecule has 1 saturated heterocycles. The molecule has 5 amide bonds. The lowest BCUT2D eigenvalue weighted by atomic mass is 10.0. The highest BCUT2D eigenvalue weighted by atomic mass is 35.5. The number of epoxide rings is 1. The van der Waals surface area contributed by atoms with E-state index in [-0.39, 0.29) is 36.8 Å². The van der Waals surface area contributed by atoms with Crippen LogP contribution in [0, 0.1) is 0 Å². The second-order valence-corrected chi connectivity index (χ2v) is 13.6. The predicted molar refractivity (Wildman–Crippen MR) is 199 cm³/mol. The zero-order chi connectivity index (χ0) is 39.2. The lowest BCUT2D eigenvalue weighted by Crippen LogP contribution is -2.60.